The minimum Gasteiger partial charge on any atom is -2.00 e. The maximum Gasteiger partial charge on any atom is 4.00 e. The SMILES string of the molecule is [Cu].[LiH].[O-2].[O-2].[Sn+4]. The van der Waals surface area contributed by atoms with Gasteiger partial charge in [-0.05, 0) is 0 Å². The standard InChI is InChI=1S/Cu.Li.2O.Sn.H/q;;2*-2;+4;. The van der Waals surface area contributed by atoms with Gasteiger partial charge in [0, 0.05) is 17.1 Å². The molecule has 5 heavy (non-hydrogen) atoms. The molecule has 2 nitrogen and oxygen atoms in total. The van der Waals surface area contributed by atoms with Crippen molar-refractivity contribution in [2.75, 3.05) is 0 Å². The molecular formula is HCuLiO2Sn. The average molecular weight is 222 g/mol. The minimum absolute atomic E-state index is 0. The Kier molecular flexibility index (Phi) is 560. The molecule has 0 aliphatic rings. The topological polar surface area (TPSA) is 57.0 Å². The van der Waals surface area contributed by atoms with Crippen LogP contribution in [0.25, 0.3) is 0 Å². The largest absolute Gasteiger partial charge is 4.00 e. The monoisotopic (exact) mass is 223 g/mol. The van der Waals surface area contributed by atoms with Crippen molar-refractivity contribution in [3.63, 3.8) is 0 Å². The van der Waals surface area contributed by atoms with Crippen LogP contribution in [0.15, 0.2) is 0 Å². The molecule has 0 aromatic heterocycles. The molecule has 0 aromatic rings. The van der Waals surface area contributed by atoms with Gasteiger partial charge in [-0.3, -0.25) is 0 Å². The molecule has 5 heteroatoms. The van der Waals surface area contributed by atoms with Crippen LogP contribution in [0.1, 0.15) is 0 Å². The van der Waals surface area contributed by atoms with Gasteiger partial charge in [0.2, 0.25) is 0 Å². The Balaban J connectivity index is 0. The van der Waals surface area contributed by atoms with Crippen molar-refractivity contribution < 1.29 is 28.0 Å². The van der Waals surface area contributed by atoms with E-state index >= 15 is 0 Å². The van der Waals surface area contributed by atoms with E-state index in [9.17, 15) is 0 Å². The molecule has 0 fully saturated rings. The Hall–Kier alpha value is 1.84. The average Bonchev–Trinajstić information content (AvgIpc) is 0. The molecule has 0 saturated heterocycles. The van der Waals surface area contributed by atoms with Crippen LogP contribution in [0.4, 0.5) is 0 Å². The Morgan fingerprint density at radius 2 is 0.800 bits per heavy atom. The van der Waals surface area contributed by atoms with Crippen LogP contribution in [0, 0.1) is 0 Å². The third-order valence-electron chi connectivity index (χ3n) is 0. The molecule has 0 spiro atoms. The van der Waals surface area contributed by atoms with Gasteiger partial charge < -0.3 is 11.0 Å². The fourth-order valence-electron chi connectivity index (χ4n) is 0. The molecule has 29 valence electrons. The summed E-state index contributed by atoms with van der Waals surface area (Å²) in [5, 5.41) is 0. The number of hydrogen-bond acceptors (Lipinski definition) is 0. The van der Waals surface area contributed by atoms with Gasteiger partial charge in [0.15, 0.2) is 0 Å². The second kappa shape index (κ2) is 40.5. The summed E-state index contributed by atoms with van der Waals surface area (Å²) in [6.45, 7) is 0. The summed E-state index contributed by atoms with van der Waals surface area (Å²) in [6, 6.07) is 0. The van der Waals surface area contributed by atoms with E-state index in [1.165, 1.54) is 0 Å². The van der Waals surface area contributed by atoms with E-state index < -0.39 is 0 Å². The molecule has 0 saturated carbocycles. The van der Waals surface area contributed by atoms with Crippen LogP contribution in [0.2, 0.25) is 0 Å². The predicted octanol–water partition coefficient (Wildman–Crippen LogP) is -1.27. The first-order chi connectivity index (χ1) is 0. The molecule has 0 N–H and O–H groups in total. The van der Waals surface area contributed by atoms with Crippen LogP contribution in [0.3, 0.4) is 0 Å². The van der Waals surface area contributed by atoms with E-state index in [1.54, 1.807) is 0 Å². The third kappa shape index (κ3) is 25.5. The van der Waals surface area contributed by atoms with Crippen LogP contribution in [0.5, 0.6) is 0 Å². The van der Waals surface area contributed by atoms with Crippen molar-refractivity contribution in [3.05, 3.63) is 0 Å². The summed E-state index contributed by atoms with van der Waals surface area (Å²) in [5.74, 6) is 0. The smallest absolute Gasteiger partial charge is 2.00 e. The summed E-state index contributed by atoms with van der Waals surface area (Å²) >= 11 is 0. The first kappa shape index (κ1) is 69.1. The molecule has 0 aromatic carbocycles. The summed E-state index contributed by atoms with van der Waals surface area (Å²) in [4.78, 5) is 0. The van der Waals surface area contributed by atoms with E-state index in [2.05, 4.69) is 0 Å². The van der Waals surface area contributed by atoms with E-state index in [0.717, 1.165) is 0 Å². The van der Waals surface area contributed by atoms with Crippen molar-refractivity contribution in [2.24, 2.45) is 0 Å². The maximum absolute atomic E-state index is 0. The van der Waals surface area contributed by atoms with Gasteiger partial charge in [-0.15, -0.1) is 0 Å². The zero-order chi connectivity index (χ0) is 0. The van der Waals surface area contributed by atoms with Crippen LogP contribution in [-0.2, 0) is 28.0 Å². The van der Waals surface area contributed by atoms with E-state index in [-0.39, 0.29) is 70.8 Å². The van der Waals surface area contributed by atoms with Crippen molar-refractivity contribution in [3.8, 4) is 0 Å². The zero-order valence-electron chi connectivity index (χ0n) is 1.62. The predicted molar refractivity (Wildman–Crippen MR) is 14.3 cm³/mol. The molecule has 0 unspecified atom stereocenters. The molecule has 0 atom stereocenters. The molecule has 0 rings (SSSR count). The molecule has 0 heterocycles. The van der Waals surface area contributed by atoms with Crippen LogP contribution < -0.4 is 0 Å². The van der Waals surface area contributed by atoms with E-state index in [0.29, 0.717) is 0 Å². The number of rotatable bonds is 0. The Bertz CT molecular complexity index is 9.61. The maximum atomic E-state index is 0. The first-order valence-corrected chi connectivity index (χ1v) is 0. The molecule has 0 amide bonds. The van der Waals surface area contributed by atoms with Gasteiger partial charge in [0.05, 0.1) is 0 Å². The Labute approximate surface area is 70.3 Å². The Morgan fingerprint density at radius 3 is 0.800 bits per heavy atom. The fourth-order valence-corrected chi connectivity index (χ4v) is 0. The first-order valence-electron chi connectivity index (χ1n) is 0. The van der Waals surface area contributed by atoms with Gasteiger partial charge in [-0.25, -0.2) is 0 Å². The minimum atomic E-state index is 0. The molecule has 0 bridgehead atoms. The van der Waals surface area contributed by atoms with Crippen molar-refractivity contribution in [1.29, 1.82) is 0 Å². The summed E-state index contributed by atoms with van der Waals surface area (Å²) in [7, 11) is 0. The van der Waals surface area contributed by atoms with E-state index in [4.69, 9.17) is 0 Å². The Morgan fingerprint density at radius 1 is 0.800 bits per heavy atom. The van der Waals surface area contributed by atoms with Crippen molar-refractivity contribution in [2.45, 2.75) is 0 Å². The molecular weight excluding hydrogens is 221 g/mol. The van der Waals surface area contributed by atoms with Gasteiger partial charge in [-0.1, -0.05) is 0 Å². The zero-order valence-corrected chi connectivity index (χ0v) is 5.41. The fraction of sp³-hybridized carbons (Fsp3) is 0. The normalized spacial score (nSPS) is 0. The van der Waals surface area contributed by atoms with Gasteiger partial charge >= 0.3 is 42.8 Å². The van der Waals surface area contributed by atoms with E-state index in [1.807, 2.05) is 0 Å². The van der Waals surface area contributed by atoms with Crippen molar-refractivity contribution >= 4 is 42.8 Å². The number of hydrogen-bond donors (Lipinski definition) is 0. The quantitative estimate of drug-likeness (QED) is 0.459. The van der Waals surface area contributed by atoms with Gasteiger partial charge in [-0.2, -0.15) is 0 Å². The second-order valence-corrected chi connectivity index (χ2v) is 0. The molecule has 0 aliphatic heterocycles. The second-order valence-electron chi connectivity index (χ2n) is 0. The summed E-state index contributed by atoms with van der Waals surface area (Å²) in [5.41, 5.74) is 0. The van der Waals surface area contributed by atoms with Crippen LogP contribution in [-0.4, -0.2) is 42.8 Å². The van der Waals surface area contributed by atoms with Crippen LogP contribution >= 0.6 is 0 Å². The third-order valence-corrected chi connectivity index (χ3v) is 0. The molecule has 0 aliphatic carbocycles. The van der Waals surface area contributed by atoms with Gasteiger partial charge in [0.1, 0.15) is 0 Å². The van der Waals surface area contributed by atoms with Crippen molar-refractivity contribution in [1.82, 2.24) is 0 Å². The summed E-state index contributed by atoms with van der Waals surface area (Å²) < 4.78 is 0. The van der Waals surface area contributed by atoms with Gasteiger partial charge in [0.25, 0.3) is 0 Å². The summed E-state index contributed by atoms with van der Waals surface area (Å²) in [6.07, 6.45) is 0. The molecule has 1 radical (unpaired) electrons.